The molecule has 2 aromatic rings. The van der Waals surface area contributed by atoms with E-state index in [4.69, 9.17) is 5.11 Å². The molecule has 0 aliphatic rings. The molecule has 0 radical (unpaired) electrons. The van der Waals surface area contributed by atoms with Gasteiger partial charge in [0.15, 0.2) is 0 Å². The molecule has 0 unspecified atom stereocenters. The summed E-state index contributed by atoms with van der Waals surface area (Å²) in [5.41, 5.74) is 1.69. The van der Waals surface area contributed by atoms with Gasteiger partial charge in [0.25, 0.3) is 0 Å². The highest BCUT2D eigenvalue weighted by atomic mass is 16.4. The van der Waals surface area contributed by atoms with Crippen molar-refractivity contribution in [1.82, 2.24) is 0 Å². The van der Waals surface area contributed by atoms with Gasteiger partial charge in [-0.1, -0.05) is 48.6 Å². The highest BCUT2D eigenvalue weighted by molar-refractivity contribution is 6.00. The second-order valence-corrected chi connectivity index (χ2v) is 4.56. The minimum atomic E-state index is -1.14. The molecule has 4 nitrogen and oxygen atoms in total. The lowest BCUT2D eigenvalue weighted by Crippen LogP contribution is -2.09. The van der Waals surface area contributed by atoms with E-state index >= 15 is 0 Å². The Hall–Kier alpha value is -2.88. The minimum Gasteiger partial charge on any atom is -0.478 e. The highest BCUT2D eigenvalue weighted by Gasteiger charge is 2.17. The smallest absolute Gasteiger partial charge is 0.336 e. The Bertz CT molecular complexity index is 715. The van der Waals surface area contributed by atoms with Gasteiger partial charge >= 0.3 is 11.9 Å². The average molecular weight is 282 g/mol. The second kappa shape index (κ2) is 6.05. The zero-order valence-corrected chi connectivity index (χ0v) is 11.4. The zero-order chi connectivity index (χ0) is 15.4. The first-order valence-corrected chi connectivity index (χ1v) is 6.34. The van der Waals surface area contributed by atoms with Crippen molar-refractivity contribution in [3.63, 3.8) is 0 Å². The maximum absolute atomic E-state index is 11.4. The van der Waals surface area contributed by atoms with Crippen molar-refractivity contribution in [1.29, 1.82) is 0 Å². The standard InChI is InChI=1S/C17H14O4/c1-11-14(16(18)19)10-9-13(15(11)17(20)21)8-7-12-5-3-2-4-6-12/h2-10H,1H3,(H,18,19)(H,20,21). The predicted octanol–water partition coefficient (Wildman–Crippen LogP) is 3.56. The van der Waals surface area contributed by atoms with Crippen LogP contribution in [0.2, 0.25) is 0 Å². The summed E-state index contributed by atoms with van der Waals surface area (Å²) in [6.07, 6.45) is 3.47. The molecule has 0 amide bonds. The van der Waals surface area contributed by atoms with Gasteiger partial charge in [0.05, 0.1) is 11.1 Å². The van der Waals surface area contributed by atoms with Crippen LogP contribution < -0.4 is 0 Å². The molecule has 0 aliphatic heterocycles. The van der Waals surface area contributed by atoms with Gasteiger partial charge in [-0.25, -0.2) is 9.59 Å². The van der Waals surface area contributed by atoms with E-state index in [9.17, 15) is 14.7 Å². The van der Waals surface area contributed by atoms with Gasteiger partial charge in [-0.3, -0.25) is 0 Å². The molecule has 2 N–H and O–H groups in total. The summed E-state index contributed by atoms with van der Waals surface area (Å²) in [5, 5.41) is 18.4. The molecular weight excluding hydrogens is 268 g/mol. The Morgan fingerprint density at radius 3 is 2.14 bits per heavy atom. The summed E-state index contributed by atoms with van der Waals surface area (Å²) in [4.78, 5) is 22.5. The molecule has 0 aromatic heterocycles. The van der Waals surface area contributed by atoms with Crippen molar-refractivity contribution >= 4 is 24.1 Å². The molecule has 2 rings (SSSR count). The molecule has 106 valence electrons. The molecule has 0 spiro atoms. The van der Waals surface area contributed by atoms with Crippen molar-refractivity contribution in [2.75, 3.05) is 0 Å². The van der Waals surface area contributed by atoms with Crippen molar-refractivity contribution in [2.45, 2.75) is 6.92 Å². The Morgan fingerprint density at radius 2 is 1.57 bits per heavy atom. The lowest BCUT2D eigenvalue weighted by molar-refractivity contribution is 0.0695. The molecule has 0 saturated heterocycles. The summed E-state index contributed by atoms with van der Waals surface area (Å²) in [7, 11) is 0. The number of aromatic carboxylic acids is 2. The summed E-state index contributed by atoms with van der Waals surface area (Å²) < 4.78 is 0. The van der Waals surface area contributed by atoms with Crippen molar-refractivity contribution < 1.29 is 19.8 Å². The van der Waals surface area contributed by atoms with Gasteiger partial charge in [-0.15, -0.1) is 0 Å². The van der Waals surface area contributed by atoms with Crippen molar-refractivity contribution in [3.8, 4) is 0 Å². The number of benzene rings is 2. The van der Waals surface area contributed by atoms with Gasteiger partial charge in [-0.2, -0.15) is 0 Å². The number of hydrogen-bond acceptors (Lipinski definition) is 2. The molecule has 0 heterocycles. The predicted molar refractivity (Wildman–Crippen MR) is 80.5 cm³/mol. The number of carbonyl (C=O) groups is 2. The molecule has 0 saturated carbocycles. The van der Waals surface area contributed by atoms with Gasteiger partial charge in [-0.05, 0) is 29.7 Å². The number of rotatable bonds is 4. The average Bonchev–Trinajstić information content (AvgIpc) is 2.45. The lowest BCUT2D eigenvalue weighted by Gasteiger charge is -2.08. The van der Waals surface area contributed by atoms with Crippen LogP contribution >= 0.6 is 0 Å². The third kappa shape index (κ3) is 3.17. The Morgan fingerprint density at radius 1 is 0.905 bits per heavy atom. The fourth-order valence-corrected chi connectivity index (χ4v) is 2.14. The van der Waals surface area contributed by atoms with Crippen molar-refractivity contribution in [3.05, 3.63) is 70.3 Å². The van der Waals surface area contributed by atoms with E-state index in [0.29, 0.717) is 5.56 Å². The van der Waals surface area contributed by atoms with E-state index < -0.39 is 11.9 Å². The molecule has 21 heavy (non-hydrogen) atoms. The minimum absolute atomic E-state index is 0.00395. The van der Waals surface area contributed by atoms with Crippen LogP contribution in [-0.4, -0.2) is 22.2 Å². The van der Waals surface area contributed by atoms with E-state index in [1.807, 2.05) is 30.3 Å². The fourth-order valence-electron chi connectivity index (χ4n) is 2.14. The summed E-state index contributed by atoms with van der Waals surface area (Å²) in [6.45, 7) is 1.51. The van der Waals surface area contributed by atoms with E-state index in [2.05, 4.69) is 0 Å². The fraction of sp³-hybridized carbons (Fsp3) is 0.0588. The van der Waals surface area contributed by atoms with Crippen molar-refractivity contribution in [2.24, 2.45) is 0 Å². The zero-order valence-electron chi connectivity index (χ0n) is 11.4. The van der Waals surface area contributed by atoms with E-state index in [-0.39, 0.29) is 16.7 Å². The third-order valence-corrected chi connectivity index (χ3v) is 3.20. The summed E-state index contributed by atoms with van der Waals surface area (Å²) >= 11 is 0. The summed E-state index contributed by atoms with van der Waals surface area (Å²) in [6, 6.07) is 12.4. The van der Waals surface area contributed by atoms with Crippen LogP contribution in [0.25, 0.3) is 12.2 Å². The van der Waals surface area contributed by atoms with E-state index in [1.54, 1.807) is 12.2 Å². The van der Waals surface area contributed by atoms with Crippen LogP contribution in [0.1, 0.15) is 37.4 Å². The molecule has 0 bridgehead atoms. The Balaban J connectivity index is 2.49. The molecular formula is C17H14O4. The Kier molecular flexibility index (Phi) is 4.18. The highest BCUT2D eigenvalue weighted by Crippen LogP contribution is 2.21. The number of carboxylic acids is 2. The molecule has 0 atom stereocenters. The number of hydrogen-bond donors (Lipinski definition) is 2. The van der Waals surface area contributed by atoms with Gasteiger partial charge in [0, 0.05) is 0 Å². The maximum atomic E-state index is 11.4. The molecule has 4 heteroatoms. The largest absolute Gasteiger partial charge is 0.478 e. The molecule has 0 aliphatic carbocycles. The monoisotopic (exact) mass is 282 g/mol. The first-order chi connectivity index (χ1) is 10.0. The summed E-state index contributed by atoms with van der Waals surface area (Å²) in [5.74, 6) is -2.27. The van der Waals surface area contributed by atoms with Gasteiger partial charge < -0.3 is 10.2 Å². The van der Waals surface area contributed by atoms with Crippen LogP contribution in [0.4, 0.5) is 0 Å². The van der Waals surface area contributed by atoms with E-state index in [1.165, 1.54) is 19.1 Å². The first kappa shape index (κ1) is 14.5. The quantitative estimate of drug-likeness (QED) is 0.841. The normalized spacial score (nSPS) is 10.7. The SMILES string of the molecule is Cc1c(C(=O)O)ccc(C=Cc2ccccc2)c1C(=O)O. The van der Waals surface area contributed by atoms with Crippen LogP contribution in [0, 0.1) is 6.92 Å². The maximum Gasteiger partial charge on any atom is 0.336 e. The number of carboxylic acid groups (broad SMARTS) is 2. The first-order valence-electron chi connectivity index (χ1n) is 6.34. The van der Waals surface area contributed by atoms with Gasteiger partial charge in [0.1, 0.15) is 0 Å². The van der Waals surface area contributed by atoms with Crippen LogP contribution in [0.3, 0.4) is 0 Å². The van der Waals surface area contributed by atoms with Gasteiger partial charge in [0.2, 0.25) is 0 Å². The lowest BCUT2D eigenvalue weighted by atomic mass is 9.96. The van der Waals surface area contributed by atoms with E-state index in [0.717, 1.165) is 5.56 Å². The molecule has 2 aromatic carbocycles. The van der Waals surface area contributed by atoms with Crippen LogP contribution in [-0.2, 0) is 0 Å². The second-order valence-electron chi connectivity index (χ2n) is 4.56. The third-order valence-electron chi connectivity index (χ3n) is 3.20. The van der Waals surface area contributed by atoms with Crippen LogP contribution in [0.5, 0.6) is 0 Å². The Labute approximate surface area is 122 Å². The molecule has 0 fully saturated rings. The van der Waals surface area contributed by atoms with Crippen LogP contribution in [0.15, 0.2) is 42.5 Å². The topological polar surface area (TPSA) is 74.6 Å².